The molecule has 0 aliphatic carbocycles. The van der Waals surface area contributed by atoms with E-state index in [-0.39, 0.29) is 5.75 Å². The minimum absolute atomic E-state index is 0.0826. The Morgan fingerprint density at radius 2 is 2.18 bits per heavy atom. The van der Waals surface area contributed by atoms with Gasteiger partial charge in [0, 0.05) is 38.9 Å². The fourth-order valence-corrected chi connectivity index (χ4v) is 2.72. The molecular weight excluding hydrogens is 306 g/mol. The zero-order valence-electron chi connectivity index (χ0n) is 13.9. The van der Waals surface area contributed by atoms with Crippen LogP contribution in [-0.2, 0) is 19.3 Å². The lowest BCUT2D eigenvalue weighted by atomic mass is 10.1. The molecule has 1 aliphatic rings. The van der Waals surface area contributed by atoms with Gasteiger partial charge in [0.1, 0.15) is 9.84 Å². The van der Waals surface area contributed by atoms with Crippen LogP contribution in [0.1, 0.15) is 13.3 Å². The van der Waals surface area contributed by atoms with Crippen LogP contribution in [-0.4, -0.2) is 84.4 Å². The average molecular weight is 335 g/mol. The van der Waals surface area contributed by atoms with Crippen molar-refractivity contribution in [3.63, 3.8) is 0 Å². The molecule has 7 nitrogen and oxygen atoms in total. The van der Waals surface area contributed by atoms with Gasteiger partial charge in [0.25, 0.3) is 0 Å². The van der Waals surface area contributed by atoms with Gasteiger partial charge < -0.3 is 19.7 Å². The Labute approximate surface area is 134 Å². The van der Waals surface area contributed by atoms with E-state index in [1.807, 2.05) is 6.92 Å². The van der Waals surface area contributed by atoms with Crippen molar-refractivity contribution in [3.8, 4) is 0 Å². The number of rotatable bonds is 9. The highest BCUT2D eigenvalue weighted by molar-refractivity contribution is 7.90. The monoisotopic (exact) mass is 335 g/mol. The summed E-state index contributed by atoms with van der Waals surface area (Å²) >= 11 is 0. The quantitative estimate of drug-likeness (QED) is 0.362. The second-order valence-corrected chi connectivity index (χ2v) is 7.79. The van der Waals surface area contributed by atoms with Crippen molar-refractivity contribution >= 4 is 15.8 Å². The number of hydrogen-bond donors (Lipinski definition) is 1. The van der Waals surface area contributed by atoms with E-state index in [9.17, 15) is 8.42 Å². The first-order valence-electron chi connectivity index (χ1n) is 7.74. The van der Waals surface area contributed by atoms with E-state index in [1.54, 1.807) is 7.11 Å². The van der Waals surface area contributed by atoms with Gasteiger partial charge in [-0.15, -0.1) is 0 Å². The minimum atomic E-state index is -2.97. The van der Waals surface area contributed by atoms with Gasteiger partial charge in [0.05, 0.1) is 32.1 Å². The summed E-state index contributed by atoms with van der Waals surface area (Å²) in [6.07, 6.45) is 2.29. The molecule has 0 aromatic carbocycles. The first kappa shape index (κ1) is 19.2. The highest BCUT2D eigenvalue weighted by Gasteiger charge is 2.24. The average Bonchev–Trinajstić information content (AvgIpc) is 2.90. The standard InChI is InChI=1S/C14H29N3O4S/c1-4-15-14(16-6-10-22(3,18)19)17-7-5-13(11-17)12-21-9-8-20-2/h13H,4-12H2,1-3H3,(H,15,16). The molecule has 0 aromatic heterocycles. The molecule has 1 fully saturated rings. The van der Waals surface area contributed by atoms with Crippen LogP contribution in [0.15, 0.2) is 4.99 Å². The molecule has 0 aromatic rings. The number of nitrogens with one attached hydrogen (secondary N) is 1. The number of guanidine groups is 1. The van der Waals surface area contributed by atoms with E-state index in [4.69, 9.17) is 9.47 Å². The van der Waals surface area contributed by atoms with Crippen LogP contribution in [0.3, 0.4) is 0 Å². The van der Waals surface area contributed by atoms with Crippen LogP contribution < -0.4 is 5.32 Å². The summed E-state index contributed by atoms with van der Waals surface area (Å²) in [6, 6.07) is 0. The molecule has 0 radical (unpaired) electrons. The summed E-state index contributed by atoms with van der Waals surface area (Å²) in [5, 5.41) is 3.23. The molecule has 1 saturated heterocycles. The summed E-state index contributed by atoms with van der Waals surface area (Å²) < 4.78 is 32.9. The Balaban J connectivity index is 2.43. The van der Waals surface area contributed by atoms with Gasteiger partial charge in [-0.1, -0.05) is 0 Å². The zero-order valence-corrected chi connectivity index (χ0v) is 14.7. The number of ether oxygens (including phenoxy) is 2. The highest BCUT2D eigenvalue weighted by Crippen LogP contribution is 2.16. The van der Waals surface area contributed by atoms with Gasteiger partial charge in [0.15, 0.2) is 5.96 Å². The van der Waals surface area contributed by atoms with E-state index in [1.165, 1.54) is 6.26 Å². The number of hydrogen-bond acceptors (Lipinski definition) is 5. The van der Waals surface area contributed by atoms with E-state index >= 15 is 0 Å². The third-order valence-electron chi connectivity index (χ3n) is 3.43. The molecule has 22 heavy (non-hydrogen) atoms. The Hall–Kier alpha value is -0.860. The maximum atomic E-state index is 11.2. The predicted molar refractivity (Wildman–Crippen MR) is 88.1 cm³/mol. The summed E-state index contributed by atoms with van der Waals surface area (Å²) in [4.78, 5) is 6.59. The molecule has 130 valence electrons. The smallest absolute Gasteiger partial charge is 0.193 e. The topological polar surface area (TPSA) is 80.2 Å². The molecule has 0 amide bonds. The lowest BCUT2D eigenvalue weighted by Gasteiger charge is -2.21. The van der Waals surface area contributed by atoms with Crippen LogP contribution in [0.2, 0.25) is 0 Å². The number of methoxy groups -OCH3 is 1. The van der Waals surface area contributed by atoms with Crippen molar-refractivity contribution in [3.05, 3.63) is 0 Å². The summed E-state index contributed by atoms with van der Waals surface area (Å²) in [5.41, 5.74) is 0. The first-order chi connectivity index (χ1) is 10.5. The van der Waals surface area contributed by atoms with Gasteiger partial charge in [0.2, 0.25) is 0 Å². The van der Waals surface area contributed by atoms with Crippen LogP contribution in [0.25, 0.3) is 0 Å². The summed E-state index contributed by atoms with van der Waals surface area (Å²) in [7, 11) is -1.31. The van der Waals surface area contributed by atoms with Crippen molar-refractivity contribution < 1.29 is 17.9 Å². The van der Waals surface area contributed by atoms with Gasteiger partial charge in [-0.3, -0.25) is 4.99 Å². The van der Waals surface area contributed by atoms with Crippen LogP contribution in [0.5, 0.6) is 0 Å². The van der Waals surface area contributed by atoms with Gasteiger partial charge >= 0.3 is 0 Å². The molecule has 1 aliphatic heterocycles. The minimum Gasteiger partial charge on any atom is -0.382 e. The first-order valence-corrected chi connectivity index (χ1v) is 9.80. The van der Waals surface area contributed by atoms with Gasteiger partial charge in [-0.25, -0.2) is 8.42 Å². The fourth-order valence-electron chi connectivity index (χ4n) is 2.30. The second kappa shape index (κ2) is 10.0. The molecule has 1 rings (SSSR count). The zero-order chi connectivity index (χ0) is 16.4. The molecular formula is C14H29N3O4S. The molecule has 1 N–H and O–H groups in total. The highest BCUT2D eigenvalue weighted by atomic mass is 32.2. The lowest BCUT2D eigenvalue weighted by Crippen LogP contribution is -2.40. The molecule has 1 heterocycles. The van der Waals surface area contributed by atoms with Crippen molar-refractivity contribution in [2.24, 2.45) is 10.9 Å². The SMILES string of the molecule is CCNC(=NCCS(C)(=O)=O)N1CCC(COCCOC)C1. The molecule has 1 atom stereocenters. The van der Waals surface area contributed by atoms with Crippen LogP contribution >= 0.6 is 0 Å². The molecule has 0 spiro atoms. The Morgan fingerprint density at radius 1 is 1.41 bits per heavy atom. The Bertz CT molecular complexity index is 439. The van der Waals surface area contributed by atoms with Gasteiger partial charge in [-0.2, -0.15) is 0 Å². The number of sulfone groups is 1. The normalized spacial score (nSPS) is 19.7. The molecule has 0 bridgehead atoms. The van der Waals surface area contributed by atoms with Crippen molar-refractivity contribution in [1.82, 2.24) is 10.2 Å². The largest absolute Gasteiger partial charge is 0.382 e. The van der Waals surface area contributed by atoms with Crippen molar-refractivity contribution in [2.75, 3.05) is 65.1 Å². The number of nitrogens with zero attached hydrogens (tertiary/aromatic N) is 2. The second-order valence-electron chi connectivity index (χ2n) is 5.53. The van der Waals surface area contributed by atoms with Crippen LogP contribution in [0.4, 0.5) is 0 Å². The van der Waals surface area contributed by atoms with Crippen molar-refractivity contribution in [1.29, 1.82) is 0 Å². The third kappa shape index (κ3) is 7.95. The maximum Gasteiger partial charge on any atom is 0.193 e. The third-order valence-corrected chi connectivity index (χ3v) is 4.35. The van der Waals surface area contributed by atoms with E-state index in [0.29, 0.717) is 25.7 Å². The Kier molecular flexibility index (Phi) is 8.74. The van der Waals surface area contributed by atoms with E-state index in [0.717, 1.165) is 38.6 Å². The maximum absolute atomic E-state index is 11.2. The van der Waals surface area contributed by atoms with Crippen molar-refractivity contribution in [2.45, 2.75) is 13.3 Å². The lowest BCUT2D eigenvalue weighted by molar-refractivity contribution is 0.0536. The fraction of sp³-hybridized carbons (Fsp3) is 0.929. The summed E-state index contributed by atoms with van der Waals surface area (Å²) in [6.45, 7) is 6.84. The predicted octanol–water partition coefficient (Wildman–Crippen LogP) is -0.0186. The van der Waals surface area contributed by atoms with E-state index in [2.05, 4.69) is 15.2 Å². The molecule has 1 unspecified atom stereocenters. The number of likely N-dealkylation sites (tertiary alicyclic amines) is 1. The van der Waals surface area contributed by atoms with Crippen LogP contribution in [0, 0.1) is 5.92 Å². The summed E-state index contributed by atoms with van der Waals surface area (Å²) in [5.74, 6) is 1.36. The Morgan fingerprint density at radius 3 is 2.82 bits per heavy atom. The van der Waals surface area contributed by atoms with Gasteiger partial charge in [-0.05, 0) is 13.3 Å². The number of aliphatic imine (C=N–C) groups is 1. The van der Waals surface area contributed by atoms with E-state index < -0.39 is 9.84 Å². The molecule has 8 heteroatoms. The molecule has 0 saturated carbocycles.